The molecular weight excluding hydrogens is 288 g/mol. The van der Waals surface area contributed by atoms with Crippen molar-refractivity contribution in [3.05, 3.63) is 29.6 Å². The lowest BCUT2D eigenvalue weighted by Gasteiger charge is -2.03. The smallest absolute Gasteiger partial charge is 0.413 e. The third-order valence-corrected chi connectivity index (χ3v) is 3.37. The standard InChI is InChI=1S/C15H18N2O3S/c1-3-9-20-15(18)17-14-16-13(10-21-14)11-5-7-12(8-6-11)19-4-2/h5-8,10H,3-4,9H2,1-2H3,(H,16,17,18). The summed E-state index contributed by atoms with van der Waals surface area (Å²) >= 11 is 1.37. The van der Waals surface area contributed by atoms with Gasteiger partial charge in [-0.15, -0.1) is 11.3 Å². The third-order valence-electron chi connectivity index (χ3n) is 2.61. The highest BCUT2D eigenvalue weighted by Gasteiger charge is 2.08. The number of nitrogens with one attached hydrogen (secondary N) is 1. The normalized spacial score (nSPS) is 10.2. The van der Waals surface area contributed by atoms with Crippen LogP contribution in [0.4, 0.5) is 9.93 Å². The average molecular weight is 306 g/mol. The first-order chi connectivity index (χ1) is 10.2. The van der Waals surface area contributed by atoms with Crippen LogP contribution in [0.3, 0.4) is 0 Å². The van der Waals surface area contributed by atoms with Gasteiger partial charge in [-0.25, -0.2) is 9.78 Å². The molecule has 0 atom stereocenters. The molecule has 1 heterocycles. The number of benzene rings is 1. The Hall–Kier alpha value is -2.08. The molecule has 2 aromatic rings. The minimum absolute atomic E-state index is 0.406. The molecule has 6 heteroatoms. The zero-order valence-electron chi connectivity index (χ0n) is 12.1. The summed E-state index contributed by atoms with van der Waals surface area (Å²) in [6.45, 7) is 4.94. The molecule has 0 spiro atoms. The maximum absolute atomic E-state index is 11.5. The molecule has 5 nitrogen and oxygen atoms in total. The second kappa shape index (κ2) is 7.64. The van der Waals surface area contributed by atoms with Crippen LogP contribution in [0.5, 0.6) is 5.75 Å². The van der Waals surface area contributed by atoms with Gasteiger partial charge in [0, 0.05) is 10.9 Å². The van der Waals surface area contributed by atoms with Crippen LogP contribution in [0.25, 0.3) is 11.3 Å². The van der Waals surface area contributed by atoms with Crippen molar-refractivity contribution in [2.45, 2.75) is 20.3 Å². The van der Waals surface area contributed by atoms with E-state index in [9.17, 15) is 4.79 Å². The summed E-state index contributed by atoms with van der Waals surface area (Å²) in [5, 5.41) is 5.04. The molecule has 1 aromatic carbocycles. The highest BCUT2D eigenvalue weighted by Crippen LogP contribution is 2.26. The van der Waals surface area contributed by atoms with Crippen molar-refractivity contribution in [1.29, 1.82) is 0 Å². The van der Waals surface area contributed by atoms with E-state index >= 15 is 0 Å². The first kappa shape index (κ1) is 15.3. The van der Waals surface area contributed by atoms with Crippen molar-refractivity contribution < 1.29 is 14.3 Å². The number of rotatable bonds is 6. The Morgan fingerprint density at radius 2 is 2.05 bits per heavy atom. The first-order valence-corrected chi connectivity index (χ1v) is 7.73. The van der Waals surface area contributed by atoms with Gasteiger partial charge in [0.25, 0.3) is 0 Å². The molecule has 1 aromatic heterocycles. The Morgan fingerprint density at radius 3 is 2.71 bits per heavy atom. The molecule has 0 aliphatic carbocycles. The van der Waals surface area contributed by atoms with Gasteiger partial charge >= 0.3 is 6.09 Å². The highest BCUT2D eigenvalue weighted by molar-refractivity contribution is 7.14. The molecule has 0 radical (unpaired) electrons. The summed E-state index contributed by atoms with van der Waals surface area (Å²) in [7, 11) is 0. The van der Waals surface area contributed by atoms with Gasteiger partial charge in [0.05, 0.1) is 18.9 Å². The fourth-order valence-electron chi connectivity index (χ4n) is 1.67. The van der Waals surface area contributed by atoms with Gasteiger partial charge in [0.2, 0.25) is 0 Å². The van der Waals surface area contributed by atoms with Gasteiger partial charge in [-0.1, -0.05) is 6.92 Å². The molecule has 1 amide bonds. The molecule has 0 aliphatic rings. The molecule has 21 heavy (non-hydrogen) atoms. The predicted molar refractivity (Wildman–Crippen MR) is 84.0 cm³/mol. The first-order valence-electron chi connectivity index (χ1n) is 6.85. The van der Waals surface area contributed by atoms with Gasteiger partial charge in [-0.3, -0.25) is 5.32 Å². The van der Waals surface area contributed by atoms with Crippen molar-refractivity contribution in [3.63, 3.8) is 0 Å². The molecular formula is C15H18N2O3S. The van der Waals surface area contributed by atoms with E-state index in [0.29, 0.717) is 18.3 Å². The van der Waals surface area contributed by atoms with E-state index in [0.717, 1.165) is 23.4 Å². The molecule has 112 valence electrons. The van der Waals surface area contributed by atoms with Gasteiger partial charge in [-0.2, -0.15) is 0 Å². The fourth-order valence-corrected chi connectivity index (χ4v) is 2.38. The number of hydrogen-bond acceptors (Lipinski definition) is 5. The van der Waals surface area contributed by atoms with Crippen molar-refractivity contribution in [2.24, 2.45) is 0 Å². The van der Waals surface area contributed by atoms with Gasteiger partial charge in [0.1, 0.15) is 5.75 Å². The van der Waals surface area contributed by atoms with Crippen molar-refractivity contribution in [3.8, 4) is 17.0 Å². The molecule has 0 fully saturated rings. The second-order valence-electron chi connectivity index (χ2n) is 4.26. The molecule has 1 N–H and O–H groups in total. The lowest BCUT2D eigenvalue weighted by Crippen LogP contribution is -2.13. The monoisotopic (exact) mass is 306 g/mol. The Balaban J connectivity index is 2.00. The van der Waals surface area contributed by atoms with Crippen molar-refractivity contribution in [2.75, 3.05) is 18.5 Å². The van der Waals surface area contributed by atoms with Crippen LogP contribution in [-0.2, 0) is 4.74 Å². The van der Waals surface area contributed by atoms with Crippen LogP contribution in [0.1, 0.15) is 20.3 Å². The SMILES string of the molecule is CCCOC(=O)Nc1nc(-c2ccc(OCC)cc2)cs1. The lowest BCUT2D eigenvalue weighted by molar-refractivity contribution is 0.161. The topological polar surface area (TPSA) is 60.5 Å². The molecule has 0 saturated heterocycles. The van der Waals surface area contributed by atoms with Crippen LogP contribution in [0.15, 0.2) is 29.6 Å². The number of ether oxygens (including phenoxy) is 2. The Kier molecular flexibility index (Phi) is 5.57. The Morgan fingerprint density at radius 1 is 1.29 bits per heavy atom. The number of anilines is 1. The summed E-state index contributed by atoms with van der Waals surface area (Å²) < 4.78 is 10.4. The third kappa shape index (κ3) is 4.46. The summed E-state index contributed by atoms with van der Waals surface area (Å²) in [5.41, 5.74) is 1.79. The van der Waals surface area contributed by atoms with E-state index in [2.05, 4.69) is 10.3 Å². The quantitative estimate of drug-likeness (QED) is 0.870. The van der Waals surface area contributed by atoms with Crippen molar-refractivity contribution >= 4 is 22.6 Å². The van der Waals surface area contributed by atoms with Crippen molar-refractivity contribution in [1.82, 2.24) is 4.98 Å². The van der Waals surface area contributed by atoms with Crippen LogP contribution in [0, 0.1) is 0 Å². The summed E-state index contributed by atoms with van der Waals surface area (Å²) in [6.07, 6.45) is 0.326. The van der Waals surface area contributed by atoms with Crippen LogP contribution in [0.2, 0.25) is 0 Å². The maximum Gasteiger partial charge on any atom is 0.413 e. The second-order valence-corrected chi connectivity index (χ2v) is 5.11. The number of hydrogen-bond donors (Lipinski definition) is 1. The van der Waals surface area contributed by atoms with E-state index in [4.69, 9.17) is 9.47 Å². The maximum atomic E-state index is 11.5. The largest absolute Gasteiger partial charge is 0.494 e. The lowest BCUT2D eigenvalue weighted by atomic mass is 10.2. The van der Waals surface area contributed by atoms with Crippen LogP contribution >= 0.6 is 11.3 Å². The summed E-state index contributed by atoms with van der Waals surface area (Å²) in [5.74, 6) is 0.831. The molecule has 0 bridgehead atoms. The van der Waals surface area contributed by atoms with E-state index in [1.165, 1.54) is 11.3 Å². The molecule has 0 aliphatic heterocycles. The Bertz CT molecular complexity index is 581. The van der Waals surface area contributed by atoms with E-state index < -0.39 is 6.09 Å². The predicted octanol–water partition coefficient (Wildman–Crippen LogP) is 4.17. The summed E-state index contributed by atoms with van der Waals surface area (Å²) in [6, 6.07) is 7.69. The number of aromatic nitrogens is 1. The van der Waals surface area contributed by atoms with Gasteiger partial charge in [-0.05, 0) is 37.6 Å². The molecule has 2 rings (SSSR count). The number of thiazole rings is 1. The number of carbonyl (C=O) groups is 1. The number of amides is 1. The van der Waals surface area contributed by atoms with E-state index in [1.807, 2.05) is 43.5 Å². The van der Waals surface area contributed by atoms with Crippen LogP contribution < -0.4 is 10.1 Å². The zero-order valence-corrected chi connectivity index (χ0v) is 12.9. The zero-order chi connectivity index (χ0) is 15.1. The number of nitrogens with zero attached hydrogens (tertiary/aromatic N) is 1. The molecule has 0 saturated carbocycles. The van der Waals surface area contributed by atoms with E-state index in [1.54, 1.807) is 0 Å². The highest BCUT2D eigenvalue weighted by atomic mass is 32.1. The minimum Gasteiger partial charge on any atom is -0.494 e. The Labute approximate surface area is 127 Å². The van der Waals surface area contributed by atoms with Crippen LogP contribution in [-0.4, -0.2) is 24.3 Å². The summed E-state index contributed by atoms with van der Waals surface area (Å²) in [4.78, 5) is 15.8. The molecule has 0 unspecified atom stereocenters. The van der Waals surface area contributed by atoms with Gasteiger partial charge in [0.15, 0.2) is 5.13 Å². The average Bonchev–Trinajstić information content (AvgIpc) is 2.94. The van der Waals surface area contributed by atoms with E-state index in [-0.39, 0.29) is 0 Å². The minimum atomic E-state index is -0.468. The van der Waals surface area contributed by atoms with Gasteiger partial charge < -0.3 is 9.47 Å². The number of carbonyl (C=O) groups excluding carboxylic acids is 1. The fraction of sp³-hybridized carbons (Fsp3) is 0.333.